The Morgan fingerprint density at radius 1 is 1.19 bits per heavy atom. The number of aromatic nitrogens is 1. The molecular weight excluding hydrogens is 393 g/mol. The van der Waals surface area contributed by atoms with Crippen LogP contribution in [0.2, 0.25) is 0 Å². The fourth-order valence-corrected chi connectivity index (χ4v) is 3.74. The topological polar surface area (TPSA) is 62.7 Å². The fourth-order valence-electron chi connectivity index (χ4n) is 2.16. The molecule has 0 spiro atoms. The lowest BCUT2D eigenvalue weighted by Gasteiger charge is -2.06. The summed E-state index contributed by atoms with van der Waals surface area (Å²) in [6, 6.07) is 14.2. The fraction of sp³-hybridized carbons (Fsp3) is 0. The highest BCUT2D eigenvalue weighted by Crippen LogP contribution is 2.44. The molecule has 0 amide bonds. The van der Waals surface area contributed by atoms with E-state index >= 15 is 0 Å². The first-order valence-electron chi connectivity index (χ1n) is 6.19. The van der Waals surface area contributed by atoms with Crippen LogP contribution in [-0.2, 0) is 0 Å². The number of benzene rings is 1. The van der Waals surface area contributed by atoms with Crippen molar-refractivity contribution in [3.05, 3.63) is 57.2 Å². The quantitative estimate of drug-likeness (QED) is 0.640. The smallest absolute Gasteiger partial charge is 0.129 e. The summed E-state index contributed by atoms with van der Waals surface area (Å²) in [5.74, 6) is 0. The number of hydrogen-bond acceptors (Lipinski definition) is 4. The zero-order valence-corrected chi connectivity index (χ0v) is 13.9. The SMILES string of the molecule is N#Cc1sc(-c2cccc(I)c2)c(-c2cccnc2)c1N. The van der Waals surface area contributed by atoms with Crippen molar-refractivity contribution in [2.75, 3.05) is 5.73 Å². The average Bonchev–Trinajstić information content (AvgIpc) is 2.85. The van der Waals surface area contributed by atoms with E-state index in [1.807, 2.05) is 30.3 Å². The van der Waals surface area contributed by atoms with Crippen molar-refractivity contribution >= 4 is 39.6 Å². The van der Waals surface area contributed by atoms with Crippen LogP contribution in [0.15, 0.2) is 48.8 Å². The zero-order valence-electron chi connectivity index (χ0n) is 10.9. The minimum atomic E-state index is 0.532. The van der Waals surface area contributed by atoms with E-state index in [4.69, 9.17) is 5.73 Å². The second kappa shape index (κ2) is 5.84. The Morgan fingerprint density at radius 2 is 2.00 bits per heavy atom. The number of nitrogen functional groups attached to an aromatic ring is 1. The normalized spacial score (nSPS) is 10.3. The van der Waals surface area contributed by atoms with Gasteiger partial charge in [-0.15, -0.1) is 11.3 Å². The predicted octanol–water partition coefficient (Wildman–Crippen LogP) is 4.54. The Bertz CT molecular complexity index is 834. The molecule has 0 aliphatic carbocycles. The first-order valence-corrected chi connectivity index (χ1v) is 8.09. The highest BCUT2D eigenvalue weighted by molar-refractivity contribution is 14.1. The Balaban J connectivity index is 2.29. The predicted molar refractivity (Wildman–Crippen MR) is 94.8 cm³/mol. The molecule has 0 fully saturated rings. The number of thiophene rings is 1. The van der Waals surface area contributed by atoms with Gasteiger partial charge in [-0.2, -0.15) is 5.26 Å². The number of halogens is 1. The van der Waals surface area contributed by atoms with Crippen LogP contribution >= 0.6 is 33.9 Å². The summed E-state index contributed by atoms with van der Waals surface area (Å²) >= 11 is 3.70. The summed E-state index contributed by atoms with van der Waals surface area (Å²) in [6.45, 7) is 0. The number of pyridine rings is 1. The van der Waals surface area contributed by atoms with Gasteiger partial charge >= 0.3 is 0 Å². The van der Waals surface area contributed by atoms with Gasteiger partial charge in [0.2, 0.25) is 0 Å². The van der Waals surface area contributed by atoms with Gasteiger partial charge in [-0.1, -0.05) is 18.2 Å². The molecule has 21 heavy (non-hydrogen) atoms. The van der Waals surface area contributed by atoms with E-state index in [2.05, 4.69) is 39.7 Å². The maximum Gasteiger partial charge on any atom is 0.129 e. The molecule has 3 aromatic rings. The third-order valence-electron chi connectivity index (χ3n) is 3.08. The largest absolute Gasteiger partial charge is 0.396 e. The lowest BCUT2D eigenvalue weighted by molar-refractivity contribution is 1.33. The zero-order chi connectivity index (χ0) is 14.8. The Labute approximate surface area is 140 Å². The molecule has 2 aromatic heterocycles. The van der Waals surface area contributed by atoms with Crippen LogP contribution in [0.4, 0.5) is 5.69 Å². The number of rotatable bonds is 2. The molecule has 0 unspecified atom stereocenters. The molecule has 2 heterocycles. The minimum Gasteiger partial charge on any atom is -0.396 e. The number of nitrogens with zero attached hydrogens (tertiary/aromatic N) is 2. The van der Waals surface area contributed by atoms with Gasteiger partial charge < -0.3 is 5.73 Å². The molecule has 0 bridgehead atoms. The van der Waals surface area contributed by atoms with E-state index < -0.39 is 0 Å². The van der Waals surface area contributed by atoms with Crippen LogP contribution in [-0.4, -0.2) is 4.98 Å². The van der Waals surface area contributed by atoms with Gasteiger partial charge in [-0.05, 0) is 46.4 Å². The average molecular weight is 403 g/mol. The van der Waals surface area contributed by atoms with E-state index in [9.17, 15) is 5.26 Å². The third kappa shape index (κ3) is 2.64. The molecule has 1 aromatic carbocycles. The molecule has 0 atom stereocenters. The Hall–Kier alpha value is -1.91. The highest BCUT2D eigenvalue weighted by Gasteiger charge is 2.18. The molecule has 2 N–H and O–H groups in total. The summed E-state index contributed by atoms with van der Waals surface area (Å²) in [4.78, 5) is 5.71. The van der Waals surface area contributed by atoms with Crippen LogP contribution in [0.5, 0.6) is 0 Å². The third-order valence-corrected chi connectivity index (χ3v) is 4.91. The van der Waals surface area contributed by atoms with Crippen LogP contribution in [0.3, 0.4) is 0 Å². The summed E-state index contributed by atoms with van der Waals surface area (Å²) in [6.07, 6.45) is 3.50. The first kappa shape index (κ1) is 14.0. The molecule has 5 heteroatoms. The van der Waals surface area contributed by atoms with E-state index in [-0.39, 0.29) is 0 Å². The van der Waals surface area contributed by atoms with Crippen molar-refractivity contribution in [3.8, 4) is 27.6 Å². The summed E-state index contributed by atoms with van der Waals surface area (Å²) in [5.41, 5.74) is 9.61. The molecule has 0 saturated heterocycles. The molecule has 3 nitrogen and oxygen atoms in total. The van der Waals surface area contributed by atoms with E-state index in [1.54, 1.807) is 12.4 Å². The number of nitrogens with two attached hydrogens (primary N) is 1. The van der Waals surface area contributed by atoms with Crippen LogP contribution in [0.1, 0.15) is 4.88 Å². The monoisotopic (exact) mass is 403 g/mol. The molecule has 0 aliphatic rings. The van der Waals surface area contributed by atoms with E-state index in [0.29, 0.717) is 10.6 Å². The van der Waals surface area contributed by atoms with Gasteiger partial charge in [0.25, 0.3) is 0 Å². The van der Waals surface area contributed by atoms with Gasteiger partial charge in [0, 0.05) is 32.0 Å². The molecule has 0 aliphatic heterocycles. The van der Waals surface area contributed by atoms with Gasteiger partial charge in [0.15, 0.2) is 0 Å². The second-order valence-corrected chi connectivity index (χ2v) is 6.68. The van der Waals surface area contributed by atoms with Crippen molar-refractivity contribution in [2.24, 2.45) is 0 Å². The van der Waals surface area contributed by atoms with Gasteiger partial charge in [-0.3, -0.25) is 4.98 Å². The van der Waals surface area contributed by atoms with Crippen molar-refractivity contribution in [3.63, 3.8) is 0 Å². The minimum absolute atomic E-state index is 0.532. The highest BCUT2D eigenvalue weighted by atomic mass is 127. The van der Waals surface area contributed by atoms with Crippen molar-refractivity contribution < 1.29 is 0 Å². The van der Waals surface area contributed by atoms with Crippen LogP contribution in [0.25, 0.3) is 21.6 Å². The standard InChI is InChI=1S/C16H10IN3S/c17-12-5-1-3-10(7-12)16-14(11-4-2-6-20-9-11)15(19)13(8-18)21-16/h1-7,9H,19H2. The Kier molecular flexibility index (Phi) is 3.90. The first-order chi connectivity index (χ1) is 10.2. The van der Waals surface area contributed by atoms with E-state index in [1.165, 1.54) is 11.3 Å². The molecule has 0 saturated carbocycles. The van der Waals surface area contributed by atoms with Crippen molar-refractivity contribution in [1.82, 2.24) is 4.98 Å². The lowest BCUT2D eigenvalue weighted by atomic mass is 10.0. The van der Waals surface area contributed by atoms with Crippen LogP contribution in [0, 0.1) is 14.9 Å². The van der Waals surface area contributed by atoms with Crippen LogP contribution < -0.4 is 5.73 Å². The van der Waals surface area contributed by atoms with Gasteiger partial charge in [0.05, 0.1) is 5.69 Å². The summed E-state index contributed by atoms with van der Waals surface area (Å²) < 4.78 is 1.15. The van der Waals surface area contributed by atoms with Gasteiger partial charge in [-0.25, -0.2) is 0 Å². The maximum absolute atomic E-state index is 9.27. The second-order valence-electron chi connectivity index (χ2n) is 4.41. The van der Waals surface area contributed by atoms with Crippen molar-refractivity contribution in [1.29, 1.82) is 5.26 Å². The lowest BCUT2D eigenvalue weighted by Crippen LogP contribution is -1.90. The van der Waals surface area contributed by atoms with Crippen molar-refractivity contribution in [2.45, 2.75) is 0 Å². The van der Waals surface area contributed by atoms with Gasteiger partial charge in [0.1, 0.15) is 10.9 Å². The maximum atomic E-state index is 9.27. The van der Waals surface area contributed by atoms with E-state index in [0.717, 1.165) is 25.1 Å². The molecular formula is C16H10IN3S. The number of hydrogen-bond donors (Lipinski definition) is 1. The summed E-state index contributed by atoms with van der Waals surface area (Å²) in [7, 11) is 0. The molecule has 3 rings (SSSR count). The summed E-state index contributed by atoms with van der Waals surface area (Å²) in [5, 5.41) is 9.27. The Morgan fingerprint density at radius 3 is 2.67 bits per heavy atom. The molecule has 102 valence electrons. The number of nitriles is 1. The number of anilines is 1. The molecule has 0 radical (unpaired) electrons.